The van der Waals surface area contributed by atoms with Gasteiger partial charge in [-0.3, -0.25) is 0 Å². The van der Waals surface area contributed by atoms with Gasteiger partial charge >= 0.3 is 6.18 Å². The molecule has 2 N–H and O–H groups in total. The molecule has 3 rings (SSSR count). The van der Waals surface area contributed by atoms with Crippen molar-refractivity contribution in [2.45, 2.75) is 18.0 Å². The first-order chi connectivity index (χ1) is 12.5. The predicted molar refractivity (Wildman–Crippen MR) is 92.9 cm³/mol. The summed E-state index contributed by atoms with van der Waals surface area (Å²) in [4.78, 5) is 3.44. The number of aromatic nitrogens is 3. The van der Waals surface area contributed by atoms with Crippen LogP contribution in [0.1, 0.15) is 11.4 Å². The molecule has 0 saturated heterocycles. The maximum absolute atomic E-state index is 13.1. The van der Waals surface area contributed by atoms with Crippen LogP contribution in [0.5, 0.6) is 0 Å². The maximum atomic E-state index is 13.1. The third-order valence-corrected chi connectivity index (χ3v) is 5.04. The smallest absolute Gasteiger partial charge is 0.225 e. The molecule has 1 aromatic heterocycles. The van der Waals surface area contributed by atoms with E-state index in [1.807, 2.05) is 0 Å². The summed E-state index contributed by atoms with van der Waals surface area (Å²) in [5.74, 6) is -1.38. The summed E-state index contributed by atoms with van der Waals surface area (Å²) < 4.78 is 63.1. The van der Waals surface area contributed by atoms with Crippen LogP contribution in [0.25, 0.3) is 17.1 Å². The Balaban J connectivity index is 2.19. The van der Waals surface area contributed by atoms with E-state index in [0.717, 1.165) is 4.68 Å². The van der Waals surface area contributed by atoms with Crippen molar-refractivity contribution in [3.63, 3.8) is 0 Å². The molecule has 0 bridgehead atoms. The zero-order valence-electron chi connectivity index (χ0n) is 13.7. The fraction of sp³-hybridized carbons (Fsp3) is 0.125. The molecule has 27 heavy (non-hydrogen) atoms. The molecule has 2 aromatic carbocycles. The largest absolute Gasteiger partial charge is 0.453 e. The van der Waals surface area contributed by atoms with Crippen LogP contribution in [-0.4, -0.2) is 23.2 Å². The van der Waals surface area contributed by atoms with Gasteiger partial charge < -0.3 is 0 Å². The molecule has 0 amide bonds. The predicted octanol–water partition coefficient (Wildman–Crippen LogP) is 3.56. The number of hydrogen-bond acceptors (Lipinski definition) is 4. The van der Waals surface area contributed by atoms with E-state index < -0.39 is 22.0 Å². The van der Waals surface area contributed by atoms with E-state index in [1.165, 1.54) is 30.3 Å². The summed E-state index contributed by atoms with van der Waals surface area (Å²) in [7, 11) is -3.93. The lowest BCUT2D eigenvalue weighted by molar-refractivity contribution is -0.144. The first kappa shape index (κ1) is 19.3. The van der Waals surface area contributed by atoms with E-state index >= 15 is 0 Å². The minimum Gasteiger partial charge on any atom is -0.225 e. The van der Waals surface area contributed by atoms with Gasteiger partial charge in [0, 0.05) is 10.6 Å². The van der Waals surface area contributed by atoms with E-state index in [2.05, 4.69) is 10.1 Å². The summed E-state index contributed by atoms with van der Waals surface area (Å²) >= 11 is 5.97. The second kappa shape index (κ2) is 6.63. The van der Waals surface area contributed by atoms with Crippen LogP contribution >= 0.6 is 11.6 Å². The van der Waals surface area contributed by atoms with Crippen LogP contribution < -0.4 is 5.14 Å². The molecule has 0 spiro atoms. The minimum atomic E-state index is -4.75. The number of alkyl halides is 3. The van der Waals surface area contributed by atoms with E-state index in [1.54, 1.807) is 19.1 Å². The van der Waals surface area contributed by atoms with Crippen molar-refractivity contribution < 1.29 is 21.6 Å². The zero-order chi connectivity index (χ0) is 20.0. The van der Waals surface area contributed by atoms with Crippen LogP contribution in [0.15, 0.2) is 47.4 Å². The first-order valence-corrected chi connectivity index (χ1v) is 9.33. The highest BCUT2D eigenvalue weighted by Crippen LogP contribution is 2.31. The minimum absolute atomic E-state index is 0.0644. The van der Waals surface area contributed by atoms with Gasteiger partial charge in [0.2, 0.25) is 10.0 Å². The number of sulfonamides is 1. The standard InChI is InChI=1S/C16H12ClF3N4O2S/c1-9-8-10(2-7-13(9)17)14-22-15(16(18,19)20)23-24(14)11-3-5-12(6-4-11)27(21,25)26/h2-8H,1H3,(H2,21,25,26). The Morgan fingerprint density at radius 3 is 2.26 bits per heavy atom. The average molecular weight is 417 g/mol. The van der Waals surface area contributed by atoms with Crippen LogP contribution in [-0.2, 0) is 16.2 Å². The van der Waals surface area contributed by atoms with Crippen LogP contribution in [0, 0.1) is 6.92 Å². The molecule has 0 aliphatic rings. The molecule has 0 fully saturated rings. The lowest BCUT2D eigenvalue weighted by atomic mass is 10.1. The topological polar surface area (TPSA) is 90.9 Å². The van der Waals surface area contributed by atoms with Crippen molar-refractivity contribution in [3.8, 4) is 17.1 Å². The normalized spacial score (nSPS) is 12.4. The van der Waals surface area contributed by atoms with Crippen LogP contribution in [0.2, 0.25) is 5.02 Å². The van der Waals surface area contributed by atoms with Crippen LogP contribution in [0.4, 0.5) is 13.2 Å². The molecule has 0 saturated carbocycles. The molecule has 142 valence electrons. The number of hydrogen-bond donors (Lipinski definition) is 1. The fourth-order valence-corrected chi connectivity index (χ4v) is 2.99. The molecular weight excluding hydrogens is 405 g/mol. The van der Waals surface area contributed by atoms with Gasteiger partial charge in [-0.2, -0.15) is 13.2 Å². The Morgan fingerprint density at radius 2 is 1.74 bits per heavy atom. The van der Waals surface area contributed by atoms with Gasteiger partial charge in [0.15, 0.2) is 5.82 Å². The molecule has 0 atom stereocenters. The van der Waals surface area contributed by atoms with Crippen molar-refractivity contribution in [1.29, 1.82) is 0 Å². The van der Waals surface area contributed by atoms with Crippen LogP contribution in [0.3, 0.4) is 0 Å². The fourth-order valence-electron chi connectivity index (χ4n) is 2.36. The molecule has 0 radical (unpaired) electrons. The van der Waals surface area contributed by atoms with Crippen molar-refractivity contribution >= 4 is 21.6 Å². The molecule has 3 aromatic rings. The summed E-state index contributed by atoms with van der Waals surface area (Å²) in [5.41, 5.74) is 1.21. The van der Waals surface area contributed by atoms with Gasteiger partial charge in [-0.15, -0.1) is 5.10 Å². The quantitative estimate of drug-likeness (QED) is 0.706. The van der Waals surface area contributed by atoms with E-state index in [4.69, 9.17) is 16.7 Å². The number of primary sulfonamides is 1. The molecule has 6 nitrogen and oxygen atoms in total. The second-order valence-corrected chi connectivity index (χ2v) is 7.64. The third-order valence-electron chi connectivity index (χ3n) is 3.69. The van der Waals surface area contributed by atoms with Gasteiger partial charge in [0.25, 0.3) is 5.82 Å². The van der Waals surface area contributed by atoms with E-state index in [0.29, 0.717) is 16.1 Å². The van der Waals surface area contributed by atoms with Crippen molar-refractivity contribution in [2.75, 3.05) is 0 Å². The third kappa shape index (κ3) is 3.97. The van der Waals surface area contributed by atoms with Gasteiger partial charge in [-0.05, 0) is 55.0 Å². The van der Waals surface area contributed by atoms with Gasteiger partial charge in [0.05, 0.1) is 10.6 Å². The van der Waals surface area contributed by atoms with Crippen molar-refractivity contribution in [3.05, 3.63) is 58.9 Å². The molecule has 11 heteroatoms. The Labute approximate surface area is 157 Å². The number of nitrogens with two attached hydrogens (primary N) is 1. The Hall–Kier alpha value is -2.43. The average Bonchev–Trinajstić information content (AvgIpc) is 3.02. The van der Waals surface area contributed by atoms with E-state index in [9.17, 15) is 21.6 Å². The lowest BCUT2D eigenvalue weighted by Gasteiger charge is -2.08. The molecule has 0 unspecified atom stereocenters. The highest BCUT2D eigenvalue weighted by Gasteiger charge is 2.37. The number of rotatable bonds is 3. The lowest BCUT2D eigenvalue weighted by Crippen LogP contribution is -2.12. The Kier molecular flexibility index (Phi) is 4.74. The number of benzene rings is 2. The summed E-state index contributed by atoms with van der Waals surface area (Å²) in [6, 6.07) is 9.59. The number of nitrogens with zero attached hydrogens (tertiary/aromatic N) is 3. The van der Waals surface area contributed by atoms with Crippen molar-refractivity contribution in [2.24, 2.45) is 5.14 Å². The second-order valence-electron chi connectivity index (χ2n) is 5.67. The Bertz CT molecular complexity index is 1110. The van der Waals surface area contributed by atoms with Gasteiger partial charge in [-0.25, -0.2) is 23.2 Å². The zero-order valence-corrected chi connectivity index (χ0v) is 15.3. The molecule has 0 aliphatic heterocycles. The number of aryl methyl sites for hydroxylation is 1. The Morgan fingerprint density at radius 1 is 1.11 bits per heavy atom. The van der Waals surface area contributed by atoms with Gasteiger partial charge in [0.1, 0.15) is 0 Å². The summed E-state index contributed by atoms with van der Waals surface area (Å²) in [6.45, 7) is 1.71. The summed E-state index contributed by atoms with van der Waals surface area (Å²) in [6.07, 6.45) is -4.75. The molecule has 1 heterocycles. The molecule has 0 aliphatic carbocycles. The maximum Gasteiger partial charge on any atom is 0.453 e. The monoisotopic (exact) mass is 416 g/mol. The number of halogens is 4. The SMILES string of the molecule is Cc1cc(-c2nc(C(F)(F)F)nn2-c2ccc(S(N)(=O)=O)cc2)ccc1Cl. The summed E-state index contributed by atoms with van der Waals surface area (Å²) in [5, 5.41) is 9.03. The van der Waals surface area contributed by atoms with E-state index in [-0.39, 0.29) is 16.4 Å². The highest BCUT2D eigenvalue weighted by molar-refractivity contribution is 7.89. The van der Waals surface area contributed by atoms with Gasteiger partial charge in [-0.1, -0.05) is 11.6 Å². The van der Waals surface area contributed by atoms with Crippen molar-refractivity contribution in [1.82, 2.24) is 14.8 Å². The highest BCUT2D eigenvalue weighted by atomic mass is 35.5. The molecular formula is C16H12ClF3N4O2S. The first-order valence-electron chi connectivity index (χ1n) is 7.41.